The molecule has 10 heteroatoms. The third-order valence-electron chi connectivity index (χ3n) is 4.39. The number of ether oxygens (including phenoxy) is 1. The summed E-state index contributed by atoms with van der Waals surface area (Å²) in [6.07, 6.45) is -0.937. The molecule has 0 saturated carbocycles. The third kappa shape index (κ3) is 4.49. The van der Waals surface area contributed by atoms with Crippen LogP contribution in [0.2, 0.25) is 0 Å². The number of esters is 1. The number of hydrogen-bond donors (Lipinski definition) is 3. The van der Waals surface area contributed by atoms with E-state index in [2.05, 4.69) is 15.3 Å². The minimum atomic E-state index is -1.08. The molecule has 0 bridgehead atoms. The van der Waals surface area contributed by atoms with Crippen LogP contribution in [-0.2, 0) is 25.7 Å². The Morgan fingerprint density at radius 1 is 1.37 bits per heavy atom. The molecule has 0 aliphatic carbocycles. The molecule has 1 aliphatic heterocycles. The van der Waals surface area contributed by atoms with Crippen LogP contribution in [0.3, 0.4) is 0 Å². The zero-order valence-electron chi connectivity index (χ0n) is 14.7. The first-order valence-corrected chi connectivity index (χ1v) is 8.18. The summed E-state index contributed by atoms with van der Waals surface area (Å²) in [5.41, 5.74) is 8.51. The summed E-state index contributed by atoms with van der Waals surface area (Å²) in [7, 11) is 0. The summed E-state index contributed by atoms with van der Waals surface area (Å²) in [5, 5.41) is 23.3. The molecule has 1 heterocycles. The Morgan fingerprint density at radius 2 is 2.00 bits per heavy atom. The molecule has 0 unspecified atom stereocenters. The first kappa shape index (κ1) is 20.1. The Hall–Kier alpha value is -3.23. The second-order valence-corrected chi connectivity index (χ2v) is 6.26. The number of benzene rings is 1. The number of nitrogens with zero attached hydrogens (tertiary/aromatic N) is 3. The van der Waals surface area contributed by atoms with E-state index in [-0.39, 0.29) is 12.5 Å². The number of ketones is 1. The first-order chi connectivity index (χ1) is 12.8. The molecule has 1 amide bonds. The van der Waals surface area contributed by atoms with Crippen LogP contribution in [0, 0.1) is 17.2 Å². The average molecular weight is 373 g/mol. The SMILES string of the molecule is C[C@@H](O)[C@H]1C(=O)N[C@@H]1[C@@H](C)C(=O)C(=N)C(=O)OCc1ccc(N=[N+]=[N-])cc1. The van der Waals surface area contributed by atoms with Crippen LogP contribution in [0.4, 0.5) is 5.69 Å². The summed E-state index contributed by atoms with van der Waals surface area (Å²) in [5.74, 6) is -3.81. The van der Waals surface area contributed by atoms with Gasteiger partial charge in [-0.25, -0.2) is 4.79 Å². The lowest BCUT2D eigenvalue weighted by Crippen LogP contribution is -2.65. The molecule has 0 radical (unpaired) electrons. The van der Waals surface area contributed by atoms with E-state index in [0.717, 1.165) is 0 Å². The molecule has 1 fully saturated rings. The molecule has 2 rings (SSSR count). The molecule has 1 saturated heterocycles. The minimum absolute atomic E-state index is 0.157. The van der Waals surface area contributed by atoms with E-state index in [9.17, 15) is 19.5 Å². The lowest BCUT2D eigenvalue weighted by molar-refractivity contribution is -0.144. The van der Waals surface area contributed by atoms with Crippen molar-refractivity contribution < 1.29 is 24.2 Å². The molecular weight excluding hydrogens is 354 g/mol. The first-order valence-electron chi connectivity index (χ1n) is 8.18. The van der Waals surface area contributed by atoms with Gasteiger partial charge in [0.1, 0.15) is 6.61 Å². The molecule has 1 aliphatic rings. The van der Waals surface area contributed by atoms with Crippen molar-refractivity contribution in [3.8, 4) is 0 Å². The predicted octanol–water partition coefficient (Wildman–Crippen LogP) is 1.39. The Kier molecular flexibility index (Phi) is 6.27. The predicted molar refractivity (Wildman–Crippen MR) is 94.0 cm³/mol. The number of carbonyl (C=O) groups is 3. The van der Waals surface area contributed by atoms with Crippen molar-refractivity contribution in [1.82, 2.24) is 5.32 Å². The third-order valence-corrected chi connectivity index (χ3v) is 4.39. The van der Waals surface area contributed by atoms with Gasteiger partial charge in [-0.05, 0) is 18.0 Å². The number of hydrogen-bond acceptors (Lipinski definition) is 7. The molecule has 3 N–H and O–H groups in total. The van der Waals surface area contributed by atoms with Gasteiger partial charge in [0.25, 0.3) is 0 Å². The number of β-lactam (4-membered cyclic amide) rings is 1. The number of azide groups is 1. The highest BCUT2D eigenvalue weighted by Crippen LogP contribution is 2.26. The topological polar surface area (TPSA) is 165 Å². The van der Waals surface area contributed by atoms with Crippen molar-refractivity contribution in [2.75, 3.05) is 0 Å². The maximum atomic E-state index is 12.3. The van der Waals surface area contributed by atoms with Crippen molar-refractivity contribution >= 4 is 29.1 Å². The summed E-state index contributed by atoms with van der Waals surface area (Å²) >= 11 is 0. The number of amides is 1. The van der Waals surface area contributed by atoms with Gasteiger partial charge in [-0.3, -0.25) is 15.0 Å². The molecule has 4 atom stereocenters. The highest BCUT2D eigenvalue weighted by Gasteiger charge is 2.48. The average Bonchev–Trinajstić information content (AvgIpc) is 2.63. The molecule has 0 spiro atoms. The van der Waals surface area contributed by atoms with Gasteiger partial charge in [-0.1, -0.05) is 36.3 Å². The highest BCUT2D eigenvalue weighted by atomic mass is 16.5. The number of nitrogens with one attached hydrogen (secondary N) is 2. The van der Waals surface area contributed by atoms with Crippen LogP contribution in [0.15, 0.2) is 29.4 Å². The lowest BCUT2D eigenvalue weighted by Gasteiger charge is -2.41. The maximum Gasteiger partial charge on any atom is 0.360 e. The Labute approximate surface area is 154 Å². The molecule has 1 aromatic carbocycles. The zero-order valence-corrected chi connectivity index (χ0v) is 14.7. The number of rotatable bonds is 8. The van der Waals surface area contributed by atoms with Crippen molar-refractivity contribution in [2.24, 2.45) is 17.0 Å². The van der Waals surface area contributed by atoms with Crippen LogP contribution >= 0.6 is 0 Å². The fourth-order valence-corrected chi connectivity index (χ4v) is 2.80. The van der Waals surface area contributed by atoms with Crippen LogP contribution in [0.1, 0.15) is 19.4 Å². The van der Waals surface area contributed by atoms with Crippen LogP contribution in [-0.4, -0.2) is 40.6 Å². The fraction of sp³-hybridized carbons (Fsp3) is 0.412. The minimum Gasteiger partial charge on any atom is -0.456 e. The van der Waals surface area contributed by atoms with Crippen molar-refractivity contribution in [3.63, 3.8) is 0 Å². The molecule has 142 valence electrons. The Bertz CT molecular complexity index is 814. The zero-order chi connectivity index (χ0) is 20.1. The number of aliphatic hydroxyl groups is 1. The monoisotopic (exact) mass is 373 g/mol. The standard InChI is InChI=1S/C17H19N5O5/c1-8(14-12(9(2)23)16(25)20-14)15(24)13(18)17(26)27-7-10-3-5-11(6-4-10)21-22-19/h3-6,8-9,12,14,18,23H,7H2,1-2H3,(H,20,25)/t8-,9-,12-,14-/m1/s1. The smallest absolute Gasteiger partial charge is 0.360 e. The van der Waals surface area contributed by atoms with Crippen LogP contribution in [0.25, 0.3) is 10.4 Å². The second kappa shape index (κ2) is 8.43. The maximum absolute atomic E-state index is 12.3. The number of Topliss-reactive ketones (excluding diaryl/α,β-unsaturated/α-hetero) is 1. The summed E-state index contributed by atoms with van der Waals surface area (Å²) in [4.78, 5) is 38.4. The highest BCUT2D eigenvalue weighted by molar-refractivity contribution is 6.63. The lowest BCUT2D eigenvalue weighted by atomic mass is 9.76. The van der Waals surface area contributed by atoms with E-state index in [0.29, 0.717) is 11.3 Å². The van der Waals surface area contributed by atoms with Gasteiger partial charge < -0.3 is 15.2 Å². The van der Waals surface area contributed by atoms with Crippen LogP contribution in [0.5, 0.6) is 0 Å². The van der Waals surface area contributed by atoms with Gasteiger partial charge in [0.05, 0.1) is 18.1 Å². The molecule has 27 heavy (non-hydrogen) atoms. The van der Waals surface area contributed by atoms with E-state index >= 15 is 0 Å². The van der Waals surface area contributed by atoms with Crippen molar-refractivity contribution in [3.05, 3.63) is 40.3 Å². The van der Waals surface area contributed by atoms with E-state index in [1.807, 2.05) is 0 Å². The summed E-state index contributed by atoms with van der Waals surface area (Å²) in [6, 6.07) is 5.62. The van der Waals surface area contributed by atoms with E-state index < -0.39 is 41.4 Å². The number of carbonyl (C=O) groups excluding carboxylic acids is 3. The van der Waals surface area contributed by atoms with Gasteiger partial charge in [0.15, 0.2) is 11.5 Å². The molecule has 1 aromatic rings. The van der Waals surface area contributed by atoms with E-state index in [1.165, 1.54) is 26.0 Å². The molecular formula is C17H19N5O5. The molecule has 0 aromatic heterocycles. The summed E-state index contributed by atoms with van der Waals surface area (Å²) < 4.78 is 4.96. The van der Waals surface area contributed by atoms with Crippen molar-refractivity contribution in [1.29, 1.82) is 5.41 Å². The van der Waals surface area contributed by atoms with E-state index in [1.54, 1.807) is 12.1 Å². The number of aliphatic hydroxyl groups excluding tert-OH is 1. The van der Waals surface area contributed by atoms with Gasteiger partial charge >= 0.3 is 5.97 Å². The van der Waals surface area contributed by atoms with Gasteiger partial charge in [-0.2, -0.15) is 0 Å². The normalized spacial score (nSPS) is 20.3. The van der Waals surface area contributed by atoms with Crippen molar-refractivity contribution in [2.45, 2.75) is 32.6 Å². The Morgan fingerprint density at radius 3 is 2.52 bits per heavy atom. The second-order valence-electron chi connectivity index (χ2n) is 6.26. The van der Waals surface area contributed by atoms with Gasteiger partial charge in [-0.15, -0.1) is 0 Å². The largest absolute Gasteiger partial charge is 0.456 e. The quantitative estimate of drug-likeness (QED) is 0.119. The van der Waals surface area contributed by atoms with Gasteiger partial charge in [0, 0.05) is 16.5 Å². The fourth-order valence-electron chi connectivity index (χ4n) is 2.80. The summed E-state index contributed by atoms with van der Waals surface area (Å²) in [6.45, 7) is 2.77. The Balaban J connectivity index is 1.92. The van der Waals surface area contributed by atoms with Gasteiger partial charge in [0.2, 0.25) is 5.91 Å². The molecule has 10 nitrogen and oxygen atoms in total. The van der Waals surface area contributed by atoms with Crippen LogP contribution < -0.4 is 5.32 Å². The van der Waals surface area contributed by atoms with E-state index in [4.69, 9.17) is 15.7 Å².